The summed E-state index contributed by atoms with van der Waals surface area (Å²) in [6.07, 6.45) is 1.40. The average Bonchev–Trinajstić information content (AvgIpc) is 2.39. The van der Waals surface area contributed by atoms with Crippen molar-refractivity contribution in [3.8, 4) is 0 Å². The summed E-state index contributed by atoms with van der Waals surface area (Å²) in [6, 6.07) is 8.04. The molecule has 1 aromatic heterocycles. The highest BCUT2D eigenvalue weighted by molar-refractivity contribution is 5.47. The van der Waals surface area contributed by atoms with E-state index in [1.54, 1.807) is 12.1 Å². The summed E-state index contributed by atoms with van der Waals surface area (Å²) in [5, 5.41) is 3.15. The smallest absolute Gasteiger partial charge is 0.145 e. The van der Waals surface area contributed by atoms with Gasteiger partial charge < -0.3 is 10.7 Å². The van der Waals surface area contributed by atoms with Gasteiger partial charge in [-0.1, -0.05) is 12.1 Å². The molecule has 1 aromatic carbocycles. The molecule has 1 heterocycles. The first-order chi connectivity index (χ1) is 8.69. The highest BCUT2D eigenvalue weighted by Gasteiger charge is 2.07. The second-order valence-corrected chi connectivity index (χ2v) is 3.85. The maximum absolute atomic E-state index is 13.1. The fraction of sp³-hybridized carbons (Fsp3) is 0.167. The molecule has 5 nitrogen and oxygen atoms in total. The maximum Gasteiger partial charge on any atom is 0.145 e. The predicted molar refractivity (Wildman–Crippen MR) is 68.3 cm³/mol. The fourth-order valence-electron chi connectivity index (χ4n) is 1.60. The molecule has 94 valence electrons. The van der Waals surface area contributed by atoms with E-state index in [1.165, 1.54) is 18.5 Å². The van der Waals surface area contributed by atoms with E-state index in [1.807, 2.05) is 13.0 Å². The Morgan fingerprint density at radius 2 is 2.00 bits per heavy atom. The standard InChI is InChI=1S/C12H14FN5/c1-8(9-3-2-4-10(13)5-9)17-11-6-12(18-14)16-7-15-11/h2-8H,14H2,1H3,(H2,15,16,17,18). The Balaban J connectivity index is 2.13. The molecule has 6 heteroatoms. The van der Waals surface area contributed by atoms with E-state index < -0.39 is 0 Å². The summed E-state index contributed by atoms with van der Waals surface area (Å²) in [6.45, 7) is 1.92. The molecular formula is C12H14FN5. The van der Waals surface area contributed by atoms with Gasteiger partial charge in [-0.15, -0.1) is 0 Å². The van der Waals surface area contributed by atoms with Crippen molar-refractivity contribution in [2.45, 2.75) is 13.0 Å². The molecule has 0 aliphatic heterocycles. The van der Waals surface area contributed by atoms with E-state index >= 15 is 0 Å². The first-order valence-corrected chi connectivity index (χ1v) is 5.49. The number of aromatic nitrogens is 2. The van der Waals surface area contributed by atoms with Crippen molar-refractivity contribution in [1.29, 1.82) is 0 Å². The van der Waals surface area contributed by atoms with Gasteiger partial charge in [0.25, 0.3) is 0 Å². The average molecular weight is 247 g/mol. The summed E-state index contributed by atoms with van der Waals surface area (Å²) in [7, 11) is 0. The Morgan fingerprint density at radius 1 is 1.22 bits per heavy atom. The highest BCUT2D eigenvalue weighted by Crippen LogP contribution is 2.19. The summed E-state index contributed by atoms with van der Waals surface area (Å²) >= 11 is 0. The fourth-order valence-corrected chi connectivity index (χ4v) is 1.60. The molecule has 0 radical (unpaired) electrons. The van der Waals surface area contributed by atoms with Gasteiger partial charge in [0.05, 0.1) is 6.04 Å². The van der Waals surface area contributed by atoms with Gasteiger partial charge in [-0.25, -0.2) is 20.2 Å². The Hall–Kier alpha value is -2.21. The monoisotopic (exact) mass is 247 g/mol. The van der Waals surface area contributed by atoms with Crippen molar-refractivity contribution >= 4 is 11.6 Å². The minimum atomic E-state index is -0.256. The van der Waals surface area contributed by atoms with Crippen LogP contribution in [0.3, 0.4) is 0 Å². The second-order valence-electron chi connectivity index (χ2n) is 3.85. The Kier molecular flexibility index (Phi) is 3.69. The summed E-state index contributed by atoms with van der Waals surface area (Å²) in [4.78, 5) is 7.97. The van der Waals surface area contributed by atoms with E-state index in [9.17, 15) is 4.39 Å². The molecule has 0 spiro atoms. The van der Waals surface area contributed by atoms with Crippen molar-refractivity contribution in [2.24, 2.45) is 5.84 Å². The van der Waals surface area contributed by atoms with E-state index in [2.05, 4.69) is 20.7 Å². The van der Waals surface area contributed by atoms with E-state index in [-0.39, 0.29) is 11.9 Å². The first-order valence-electron chi connectivity index (χ1n) is 5.49. The lowest BCUT2D eigenvalue weighted by molar-refractivity contribution is 0.623. The highest BCUT2D eigenvalue weighted by atomic mass is 19.1. The molecule has 18 heavy (non-hydrogen) atoms. The van der Waals surface area contributed by atoms with E-state index in [0.717, 1.165) is 5.56 Å². The van der Waals surface area contributed by atoms with Crippen molar-refractivity contribution in [3.63, 3.8) is 0 Å². The number of anilines is 2. The van der Waals surface area contributed by atoms with Gasteiger partial charge in [0.2, 0.25) is 0 Å². The SMILES string of the molecule is CC(Nc1cc(NN)ncn1)c1cccc(F)c1. The van der Waals surface area contributed by atoms with Crippen LogP contribution < -0.4 is 16.6 Å². The van der Waals surface area contributed by atoms with Crippen LogP contribution in [0.1, 0.15) is 18.5 Å². The zero-order valence-electron chi connectivity index (χ0n) is 9.89. The summed E-state index contributed by atoms with van der Waals surface area (Å²) in [5.41, 5.74) is 3.28. The number of hydrogen-bond acceptors (Lipinski definition) is 5. The zero-order valence-corrected chi connectivity index (χ0v) is 9.89. The van der Waals surface area contributed by atoms with Crippen LogP contribution in [0.15, 0.2) is 36.7 Å². The summed E-state index contributed by atoms with van der Waals surface area (Å²) in [5.74, 6) is 6.14. The van der Waals surface area contributed by atoms with E-state index in [4.69, 9.17) is 5.84 Å². The first kappa shape index (κ1) is 12.3. The topological polar surface area (TPSA) is 75.9 Å². The molecule has 1 unspecified atom stereocenters. The van der Waals surface area contributed by atoms with Crippen molar-refractivity contribution in [1.82, 2.24) is 9.97 Å². The molecule has 2 rings (SSSR count). The third-order valence-corrected chi connectivity index (χ3v) is 2.53. The Labute approximate surface area is 104 Å². The quantitative estimate of drug-likeness (QED) is 0.569. The molecule has 0 bridgehead atoms. The van der Waals surface area contributed by atoms with Crippen molar-refractivity contribution in [2.75, 3.05) is 10.7 Å². The number of nitrogens with one attached hydrogen (secondary N) is 2. The number of rotatable bonds is 4. The van der Waals surface area contributed by atoms with Gasteiger partial charge in [0, 0.05) is 6.07 Å². The number of nitrogens with zero attached hydrogens (tertiary/aromatic N) is 2. The number of hydrogen-bond donors (Lipinski definition) is 3. The molecule has 0 aliphatic carbocycles. The molecule has 0 aliphatic rings. The third kappa shape index (κ3) is 2.92. The Bertz CT molecular complexity index is 531. The van der Waals surface area contributed by atoms with Gasteiger partial charge in [0.15, 0.2) is 0 Å². The molecule has 0 saturated carbocycles. The molecule has 2 aromatic rings. The second kappa shape index (κ2) is 5.42. The van der Waals surface area contributed by atoms with Gasteiger partial charge in [0.1, 0.15) is 23.8 Å². The number of halogens is 1. The molecular weight excluding hydrogens is 233 g/mol. The number of benzene rings is 1. The van der Waals surface area contributed by atoms with Gasteiger partial charge in [-0.05, 0) is 24.6 Å². The predicted octanol–water partition coefficient (Wildman–Crippen LogP) is 2.07. The lowest BCUT2D eigenvalue weighted by Gasteiger charge is -2.15. The van der Waals surface area contributed by atoms with E-state index in [0.29, 0.717) is 11.6 Å². The van der Waals surface area contributed by atoms with Gasteiger partial charge in [-0.3, -0.25) is 0 Å². The van der Waals surface area contributed by atoms with Gasteiger partial charge >= 0.3 is 0 Å². The minimum absolute atomic E-state index is 0.0683. The minimum Gasteiger partial charge on any atom is -0.363 e. The van der Waals surface area contributed by atoms with Crippen LogP contribution in [0.25, 0.3) is 0 Å². The van der Waals surface area contributed by atoms with Crippen LogP contribution >= 0.6 is 0 Å². The zero-order chi connectivity index (χ0) is 13.0. The number of hydrazine groups is 1. The van der Waals surface area contributed by atoms with Gasteiger partial charge in [-0.2, -0.15) is 0 Å². The molecule has 0 amide bonds. The van der Waals surface area contributed by atoms with Crippen LogP contribution in [-0.2, 0) is 0 Å². The van der Waals surface area contributed by atoms with Crippen LogP contribution in [0.2, 0.25) is 0 Å². The molecule has 4 N–H and O–H groups in total. The van der Waals surface area contributed by atoms with Crippen LogP contribution in [0.5, 0.6) is 0 Å². The normalized spacial score (nSPS) is 11.9. The van der Waals surface area contributed by atoms with Crippen molar-refractivity contribution in [3.05, 3.63) is 48.0 Å². The number of nitrogens with two attached hydrogens (primary N) is 1. The molecule has 0 fully saturated rings. The maximum atomic E-state index is 13.1. The van der Waals surface area contributed by atoms with Crippen LogP contribution in [0.4, 0.5) is 16.0 Å². The lowest BCUT2D eigenvalue weighted by Crippen LogP contribution is -2.11. The largest absolute Gasteiger partial charge is 0.363 e. The van der Waals surface area contributed by atoms with Crippen LogP contribution in [0, 0.1) is 5.82 Å². The lowest BCUT2D eigenvalue weighted by atomic mass is 10.1. The molecule has 1 atom stereocenters. The van der Waals surface area contributed by atoms with Crippen LogP contribution in [-0.4, -0.2) is 9.97 Å². The number of nitrogen functional groups attached to an aromatic ring is 1. The third-order valence-electron chi connectivity index (χ3n) is 2.53. The Morgan fingerprint density at radius 3 is 2.72 bits per heavy atom. The molecule has 0 saturated heterocycles. The summed E-state index contributed by atoms with van der Waals surface area (Å²) < 4.78 is 13.1. The van der Waals surface area contributed by atoms with Crippen molar-refractivity contribution < 1.29 is 4.39 Å².